The van der Waals surface area contributed by atoms with E-state index in [1.54, 1.807) is 7.05 Å². The number of carbonyl (C=O) groups is 2. The molecule has 0 saturated heterocycles. The molecule has 14 heavy (non-hydrogen) atoms. The standard InChI is InChI=1S/C9H14N2O3/c1-4-6-10(2)9(14)11(3)7-5-8(12)13/h1H,5-7H2,2-3H3,(H,12,13). The van der Waals surface area contributed by atoms with Gasteiger partial charge in [-0.3, -0.25) is 4.79 Å². The van der Waals surface area contributed by atoms with Crippen molar-refractivity contribution in [1.29, 1.82) is 0 Å². The Kier molecular flexibility index (Phi) is 5.15. The number of carboxylic acids is 1. The Labute approximate surface area is 83.3 Å². The molecule has 5 nitrogen and oxygen atoms in total. The van der Waals surface area contributed by atoms with Gasteiger partial charge in [-0.15, -0.1) is 6.42 Å². The van der Waals surface area contributed by atoms with Crippen LogP contribution in [0.3, 0.4) is 0 Å². The topological polar surface area (TPSA) is 60.9 Å². The molecule has 0 aliphatic heterocycles. The zero-order chi connectivity index (χ0) is 11.1. The zero-order valence-corrected chi connectivity index (χ0v) is 8.36. The molecule has 0 aromatic heterocycles. The fourth-order valence-corrected chi connectivity index (χ4v) is 0.855. The van der Waals surface area contributed by atoms with Crippen LogP contribution in [0.15, 0.2) is 0 Å². The lowest BCUT2D eigenvalue weighted by Gasteiger charge is -2.22. The van der Waals surface area contributed by atoms with Crippen LogP contribution in [0.2, 0.25) is 0 Å². The summed E-state index contributed by atoms with van der Waals surface area (Å²) in [5.74, 6) is 1.40. The second-order valence-corrected chi connectivity index (χ2v) is 2.91. The van der Waals surface area contributed by atoms with E-state index >= 15 is 0 Å². The maximum Gasteiger partial charge on any atom is 0.320 e. The van der Waals surface area contributed by atoms with E-state index in [0.29, 0.717) is 0 Å². The minimum Gasteiger partial charge on any atom is -0.481 e. The number of aliphatic carboxylic acids is 1. The number of nitrogens with zero attached hydrogens (tertiary/aromatic N) is 2. The van der Waals surface area contributed by atoms with E-state index in [0.717, 1.165) is 0 Å². The molecule has 0 saturated carbocycles. The van der Waals surface area contributed by atoms with E-state index in [9.17, 15) is 9.59 Å². The number of hydrogen-bond donors (Lipinski definition) is 1. The van der Waals surface area contributed by atoms with Gasteiger partial charge in [-0.2, -0.15) is 0 Å². The van der Waals surface area contributed by atoms with Crippen molar-refractivity contribution < 1.29 is 14.7 Å². The van der Waals surface area contributed by atoms with Gasteiger partial charge in [-0.05, 0) is 0 Å². The van der Waals surface area contributed by atoms with Crippen LogP contribution in [-0.2, 0) is 4.79 Å². The molecule has 0 aliphatic rings. The predicted octanol–water partition coefficient (Wildman–Crippen LogP) is 0.0779. The Bertz CT molecular complexity index is 257. The summed E-state index contributed by atoms with van der Waals surface area (Å²) in [4.78, 5) is 24.3. The minimum absolute atomic E-state index is 0.0634. The molecule has 0 unspecified atom stereocenters. The van der Waals surface area contributed by atoms with Crippen molar-refractivity contribution in [3.05, 3.63) is 0 Å². The molecule has 0 aromatic rings. The van der Waals surface area contributed by atoms with Crippen LogP contribution in [0.1, 0.15) is 6.42 Å². The third-order valence-corrected chi connectivity index (χ3v) is 1.64. The number of terminal acetylenes is 1. The zero-order valence-electron chi connectivity index (χ0n) is 8.36. The third kappa shape index (κ3) is 4.36. The van der Waals surface area contributed by atoms with Crippen LogP contribution in [0, 0.1) is 12.3 Å². The molecule has 78 valence electrons. The predicted molar refractivity (Wildman–Crippen MR) is 51.7 cm³/mol. The molecule has 2 amide bonds. The second-order valence-electron chi connectivity index (χ2n) is 2.91. The van der Waals surface area contributed by atoms with Crippen molar-refractivity contribution in [2.45, 2.75) is 6.42 Å². The summed E-state index contributed by atoms with van der Waals surface area (Å²) in [7, 11) is 3.11. The SMILES string of the molecule is C#CCN(C)C(=O)N(C)CCC(=O)O. The first-order valence-corrected chi connectivity index (χ1v) is 4.10. The van der Waals surface area contributed by atoms with Crippen LogP contribution < -0.4 is 0 Å². The van der Waals surface area contributed by atoms with Gasteiger partial charge in [0.1, 0.15) is 0 Å². The average Bonchev–Trinajstić information content (AvgIpc) is 2.13. The lowest BCUT2D eigenvalue weighted by Crippen LogP contribution is -2.39. The molecular formula is C9H14N2O3. The highest BCUT2D eigenvalue weighted by Gasteiger charge is 2.13. The number of carbonyl (C=O) groups excluding carboxylic acids is 1. The van der Waals surface area contributed by atoms with Gasteiger partial charge in [0, 0.05) is 20.6 Å². The molecule has 0 heterocycles. The summed E-state index contributed by atoms with van der Waals surface area (Å²) in [6.07, 6.45) is 4.97. The molecular weight excluding hydrogens is 184 g/mol. The lowest BCUT2D eigenvalue weighted by molar-refractivity contribution is -0.137. The first-order valence-electron chi connectivity index (χ1n) is 4.10. The number of urea groups is 1. The summed E-state index contributed by atoms with van der Waals surface area (Å²) in [5, 5.41) is 8.40. The number of rotatable bonds is 4. The molecule has 0 rings (SSSR count). The fourth-order valence-electron chi connectivity index (χ4n) is 0.855. The molecule has 5 heteroatoms. The fraction of sp³-hybridized carbons (Fsp3) is 0.556. The molecule has 0 aliphatic carbocycles. The highest BCUT2D eigenvalue weighted by atomic mass is 16.4. The largest absolute Gasteiger partial charge is 0.481 e. The highest BCUT2D eigenvalue weighted by molar-refractivity contribution is 5.75. The monoisotopic (exact) mass is 198 g/mol. The van der Waals surface area contributed by atoms with E-state index < -0.39 is 5.97 Å². The average molecular weight is 198 g/mol. The number of hydrogen-bond acceptors (Lipinski definition) is 2. The van der Waals surface area contributed by atoms with E-state index in [2.05, 4.69) is 5.92 Å². The van der Waals surface area contributed by atoms with Crippen LogP contribution in [0.5, 0.6) is 0 Å². The van der Waals surface area contributed by atoms with E-state index in [4.69, 9.17) is 11.5 Å². The summed E-state index contributed by atoms with van der Waals surface area (Å²) in [6, 6.07) is -0.274. The van der Waals surface area contributed by atoms with Gasteiger partial charge in [-0.25, -0.2) is 4.79 Å². The Morgan fingerprint density at radius 2 is 1.93 bits per heavy atom. The molecule has 0 fully saturated rings. The Morgan fingerprint density at radius 1 is 1.36 bits per heavy atom. The first kappa shape index (κ1) is 12.3. The number of amides is 2. The van der Waals surface area contributed by atoms with Crippen molar-refractivity contribution in [2.75, 3.05) is 27.2 Å². The summed E-state index contributed by atoms with van der Waals surface area (Å²) < 4.78 is 0. The number of carboxylic acid groups (broad SMARTS) is 1. The van der Waals surface area contributed by atoms with E-state index in [1.165, 1.54) is 16.8 Å². The van der Waals surface area contributed by atoms with Gasteiger partial charge >= 0.3 is 12.0 Å². The van der Waals surface area contributed by atoms with Crippen LogP contribution in [0.25, 0.3) is 0 Å². The maximum atomic E-state index is 11.4. The van der Waals surface area contributed by atoms with Crippen molar-refractivity contribution >= 4 is 12.0 Å². The van der Waals surface area contributed by atoms with Gasteiger partial charge in [0.15, 0.2) is 0 Å². The van der Waals surface area contributed by atoms with Crippen molar-refractivity contribution in [2.24, 2.45) is 0 Å². The summed E-state index contributed by atoms with van der Waals surface area (Å²) >= 11 is 0. The van der Waals surface area contributed by atoms with Crippen LogP contribution in [-0.4, -0.2) is 54.1 Å². The first-order chi connectivity index (χ1) is 6.49. The molecule has 0 spiro atoms. The molecule has 0 aromatic carbocycles. The molecule has 0 radical (unpaired) electrons. The molecule has 0 bridgehead atoms. The Hall–Kier alpha value is -1.70. The Balaban J connectivity index is 3.99. The van der Waals surface area contributed by atoms with Crippen molar-refractivity contribution in [3.8, 4) is 12.3 Å². The van der Waals surface area contributed by atoms with E-state index in [-0.39, 0.29) is 25.5 Å². The molecule has 0 atom stereocenters. The van der Waals surface area contributed by atoms with Gasteiger partial charge in [-0.1, -0.05) is 5.92 Å². The Morgan fingerprint density at radius 3 is 2.36 bits per heavy atom. The van der Waals surface area contributed by atoms with Gasteiger partial charge in [0.2, 0.25) is 0 Å². The van der Waals surface area contributed by atoms with Crippen LogP contribution >= 0.6 is 0 Å². The summed E-state index contributed by atoms with van der Waals surface area (Å²) in [5.41, 5.74) is 0. The quantitative estimate of drug-likeness (QED) is 0.651. The minimum atomic E-state index is -0.927. The highest BCUT2D eigenvalue weighted by Crippen LogP contribution is 1.94. The second kappa shape index (κ2) is 5.86. The van der Waals surface area contributed by atoms with Crippen molar-refractivity contribution in [3.63, 3.8) is 0 Å². The van der Waals surface area contributed by atoms with E-state index in [1.807, 2.05) is 0 Å². The van der Waals surface area contributed by atoms with Gasteiger partial charge in [0.05, 0.1) is 13.0 Å². The third-order valence-electron chi connectivity index (χ3n) is 1.64. The smallest absolute Gasteiger partial charge is 0.320 e. The van der Waals surface area contributed by atoms with Crippen molar-refractivity contribution in [1.82, 2.24) is 9.80 Å². The maximum absolute atomic E-state index is 11.4. The molecule has 1 N–H and O–H groups in total. The lowest BCUT2D eigenvalue weighted by atomic mass is 10.4. The normalized spacial score (nSPS) is 8.93. The van der Waals surface area contributed by atoms with Crippen LogP contribution in [0.4, 0.5) is 4.79 Å². The van der Waals surface area contributed by atoms with Gasteiger partial charge < -0.3 is 14.9 Å². The summed E-state index contributed by atoms with van der Waals surface area (Å²) in [6.45, 7) is 0.402. The van der Waals surface area contributed by atoms with Gasteiger partial charge in [0.25, 0.3) is 0 Å².